The number of likely N-dealkylation sites (tertiary alicyclic amines) is 1. The van der Waals surface area contributed by atoms with E-state index in [0.29, 0.717) is 17.8 Å². The van der Waals surface area contributed by atoms with Crippen molar-refractivity contribution in [1.29, 1.82) is 0 Å². The molecule has 1 fully saturated rings. The SMILES string of the molecule is CC1CCN(CCn2ccc(N)n2)C1CO. The van der Waals surface area contributed by atoms with Gasteiger partial charge in [0.2, 0.25) is 0 Å². The summed E-state index contributed by atoms with van der Waals surface area (Å²) in [6.07, 6.45) is 3.06. The number of hydrogen-bond acceptors (Lipinski definition) is 4. The summed E-state index contributed by atoms with van der Waals surface area (Å²) in [5.41, 5.74) is 5.55. The number of nitrogen functional groups attached to an aromatic ring is 1. The average molecular weight is 224 g/mol. The lowest BCUT2D eigenvalue weighted by molar-refractivity contribution is 0.135. The van der Waals surface area contributed by atoms with E-state index in [4.69, 9.17) is 5.73 Å². The molecule has 5 nitrogen and oxygen atoms in total. The van der Waals surface area contributed by atoms with Gasteiger partial charge in [0.1, 0.15) is 5.82 Å². The molecule has 0 saturated carbocycles. The van der Waals surface area contributed by atoms with Crippen LogP contribution in [0.25, 0.3) is 0 Å². The Labute approximate surface area is 95.8 Å². The highest BCUT2D eigenvalue weighted by molar-refractivity contribution is 5.23. The molecule has 2 atom stereocenters. The van der Waals surface area contributed by atoms with Gasteiger partial charge in [-0.05, 0) is 24.9 Å². The van der Waals surface area contributed by atoms with Gasteiger partial charge >= 0.3 is 0 Å². The van der Waals surface area contributed by atoms with Crippen molar-refractivity contribution < 1.29 is 5.11 Å². The maximum atomic E-state index is 9.32. The van der Waals surface area contributed by atoms with Crippen LogP contribution in [-0.2, 0) is 6.54 Å². The first-order chi connectivity index (χ1) is 7.70. The Bertz CT molecular complexity index is 338. The molecule has 90 valence electrons. The highest BCUT2D eigenvalue weighted by Gasteiger charge is 2.29. The van der Waals surface area contributed by atoms with E-state index in [1.165, 1.54) is 6.42 Å². The van der Waals surface area contributed by atoms with Gasteiger partial charge in [-0.25, -0.2) is 0 Å². The summed E-state index contributed by atoms with van der Waals surface area (Å²) in [5, 5.41) is 13.5. The molecule has 0 radical (unpaired) electrons. The van der Waals surface area contributed by atoms with Crippen LogP contribution >= 0.6 is 0 Å². The van der Waals surface area contributed by atoms with Crippen LogP contribution in [0.5, 0.6) is 0 Å². The number of rotatable bonds is 4. The summed E-state index contributed by atoms with van der Waals surface area (Å²) in [6.45, 7) is 5.29. The van der Waals surface area contributed by atoms with Gasteiger partial charge in [0.25, 0.3) is 0 Å². The maximum Gasteiger partial charge on any atom is 0.145 e. The first kappa shape index (κ1) is 11.4. The Balaban J connectivity index is 1.86. The number of aromatic nitrogens is 2. The van der Waals surface area contributed by atoms with Gasteiger partial charge in [-0.2, -0.15) is 5.10 Å². The zero-order valence-corrected chi connectivity index (χ0v) is 9.71. The van der Waals surface area contributed by atoms with Gasteiger partial charge in [0.15, 0.2) is 0 Å². The van der Waals surface area contributed by atoms with Gasteiger partial charge < -0.3 is 10.8 Å². The zero-order chi connectivity index (χ0) is 11.5. The van der Waals surface area contributed by atoms with Crippen LogP contribution in [0.15, 0.2) is 12.3 Å². The monoisotopic (exact) mass is 224 g/mol. The van der Waals surface area contributed by atoms with E-state index in [2.05, 4.69) is 16.9 Å². The van der Waals surface area contributed by atoms with Crippen LogP contribution in [0.1, 0.15) is 13.3 Å². The molecule has 1 aromatic heterocycles. The normalized spacial score (nSPS) is 26.4. The molecule has 1 aromatic rings. The Morgan fingerprint density at radius 3 is 3.00 bits per heavy atom. The van der Waals surface area contributed by atoms with Crippen LogP contribution in [0.4, 0.5) is 5.82 Å². The molecule has 1 aliphatic rings. The molecular formula is C11H20N4O. The molecule has 2 unspecified atom stereocenters. The number of hydrogen-bond donors (Lipinski definition) is 2. The van der Waals surface area contributed by atoms with Crippen molar-refractivity contribution >= 4 is 5.82 Å². The van der Waals surface area contributed by atoms with Crippen molar-refractivity contribution in [2.45, 2.75) is 25.9 Å². The number of nitrogens with two attached hydrogens (primary N) is 1. The summed E-state index contributed by atoms with van der Waals surface area (Å²) >= 11 is 0. The number of nitrogens with zero attached hydrogens (tertiary/aromatic N) is 3. The van der Waals surface area contributed by atoms with Gasteiger partial charge in [0.05, 0.1) is 13.2 Å². The predicted octanol–water partition coefficient (Wildman–Crippen LogP) is 0.168. The number of anilines is 1. The minimum Gasteiger partial charge on any atom is -0.395 e. The Morgan fingerprint density at radius 1 is 1.56 bits per heavy atom. The van der Waals surface area contributed by atoms with Gasteiger partial charge in [-0.3, -0.25) is 9.58 Å². The van der Waals surface area contributed by atoms with E-state index in [-0.39, 0.29) is 6.61 Å². The fourth-order valence-corrected chi connectivity index (χ4v) is 2.39. The summed E-state index contributed by atoms with van der Waals surface area (Å²) in [4.78, 5) is 2.34. The average Bonchev–Trinajstić information content (AvgIpc) is 2.82. The Hall–Kier alpha value is -1.07. The third kappa shape index (κ3) is 2.36. The molecule has 2 rings (SSSR count). The lowest BCUT2D eigenvalue weighted by Crippen LogP contribution is -2.37. The number of aliphatic hydroxyl groups is 1. The molecule has 16 heavy (non-hydrogen) atoms. The minimum atomic E-state index is 0.252. The van der Waals surface area contributed by atoms with Gasteiger partial charge in [0, 0.05) is 18.8 Å². The quantitative estimate of drug-likeness (QED) is 0.765. The van der Waals surface area contributed by atoms with E-state index in [1.807, 2.05) is 10.9 Å². The van der Waals surface area contributed by atoms with Crippen molar-refractivity contribution in [3.8, 4) is 0 Å². The summed E-state index contributed by atoms with van der Waals surface area (Å²) < 4.78 is 1.85. The molecule has 1 saturated heterocycles. The summed E-state index contributed by atoms with van der Waals surface area (Å²) in [6, 6.07) is 2.11. The third-order valence-electron chi connectivity index (χ3n) is 3.46. The standard InChI is InChI=1S/C11H20N4O/c1-9-2-4-14(10(9)8-16)6-7-15-5-3-11(12)13-15/h3,5,9-10,16H,2,4,6-8H2,1H3,(H2,12,13). The highest BCUT2D eigenvalue weighted by Crippen LogP contribution is 2.22. The number of aliphatic hydroxyl groups excluding tert-OH is 1. The largest absolute Gasteiger partial charge is 0.395 e. The predicted molar refractivity (Wildman–Crippen MR) is 62.9 cm³/mol. The van der Waals surface area contributed by atoms with E-state index >= 15 is 0 Å². The summed E-state index contributed by atoms with van der Waals surface area (Å²) in [5.74, 6) is 1.15. The van der Waals surface area contributed by atoms with Gasteiger partial charge in [-0.1, -0.05) is 6.92 Å². The smallest absolute Gasteiger partial charge is 0.145 e. The molecular weight excluding hydrogens is 204 g/mol. The Kier molecular flexibility index (Phi) is 3.46. The van der Waals surface area contributed by atoms with Gasteiger partial charge in [-0.15, -0.1) is 0 Å². The summed E-state index contributed by atoms with van der Waals surface area (Å²) in [7, 11) is 0. The lowest BCUT2D eigenvalue weighted by Gasteiger charge is -2.24. The lowest BCUT2D eigenvalue weighted by atomic mass is 10.0. The molecule has 1 aliphatic heterocycles. The van der Waals surface area contributed by atoms with Crippen LogP contribution in [0, 0.1) is 5.92 Å². The maximum absolute atomic E-state index is 9.32. The van der Waals surface area contributed by atoms with Crippen molar-refractivity contribution in [3.63, 3.8) is 0 Å². The fraction of sp³-hybridized carbons (Fsp3) is 0.727. The topological polar surface area (TPSA) is 67.3 Å². The van der Waals surface area contributed by atoms with Crippen molar-refractivity contribution in [2.75, 3.05) is 25.4 Å². The van der Waals surface area contributed by atoms with Crippen molar-refractivity contribution in [1.82, 2.24) is 14.7 Å². The third-order valence-corrected chi connectivity index (χ3v) is 3.46. The second-order valence-electron chi connectivity index (χ2n) is 4.56. The molecule has 0 spiro atoms. The molecule has 5 heteroatoms. The van der Waals surface area contributed by atoms with Crippen LogP contribution in [0.2, 0.25) is 0 Å². The first-order valence-electron chi connectivity index (χ1n) is 5.84. The molecule has 3 N–H and O–H groups in total. The molecule has 2 heterocycles. The van der Waals surface area contributed by atoms with Crippen LogP contribution < -0.4 is 5.73 Å². The van der Waals surface area contributed by atoms with E-state index in [9.17, 15) is 5.11 Å². The fourth-order valence-electron chi connectivity index (χ4n) is 2.39. The molecule has 0 aliphatic carbocycles. The second-order valence-corrected chi connectivity index (χ2v) is 4.56. The van der Waals surface area contributed by atoms with E-state index in [0.717, 1.165) is 19.6 Å². The minimum absolute atomic E-state index is 0.252. The molecule has 0 bridgehead atoms. The second kappa shape index (κ2) is 4.84. The van der Waals surface area contributed by atoms with E-state index < -0.39 is 0 Å². The first-order valence-corrected chi connectivity index (χ1v) is 5.84. The van der Waals surface area contributed by atoms with E-state index in [1.54, 1.807) is 6.07 Å². The van der Waals surface area contributed by atoms with Crippen LogP contribution in [0.3, 0.4) is 0 Å². The van der Waals surface area contributed by atoms with Crippen molar-refractivity contribution in [3.05, 3.63) is 12.3 Å². The molecule has 0 aromatic carbocycles. The Morgan fingerprint density at radius 2 is 2.38 bits per heavy atom. The molecule has 0 amide bonds. The zero-order valence-electron chi connectivity index (χ0n) is 9.71. The highest BCUT2D eigenvalue weighted by atomic mass is 16.3. The van der Waals surface area contributed by atoms with Crippen molar-refractivity contribution in [2.24, 2.45) is 5.92 Å². The van der Waals surface area contributed by atoms with Crippen LogP contribution in [-0.4, -0.2) is 45.5 Å².